The number of carboxylic acids is 1. The summed E-state index contributed by atoms with van der Waals surface area (Å²) < 4.78 is 35.0. The number of nitrogens with one attached hydrogen (secondary N) is 2. The first-order valence-corrected chi connectivity index (χ1v) is 42.4. The number of carbonyl (C=O) groups is 3. The summed E-state index contributed by atoms with van der Waals surface area (Å²) in [5.74, 6) is -6.09. The minimum Gasteiger partial charge on any atom is -0.477 e. The summed E-state index contributed by atoms with van der Waals surface area (Å²) in [6.45, 7) is 2.27. The normalized spacial score (nSPS) is 26.3. The summed E-state index contributed by atoms with van der Waals surface area (Å²) in [4.78, 5) is 38.7. The highest BCUT2D eigenvalue weighted by Crippen LogP contribution is 2.39. The van der Waals surface area contributed by atoms with E-state index in [-0.39, 0.29) is 18.9 Å². The Morgan fingerprint density at radius 1 is 0.462 bits per heavy atom. The van der Waals surface area contributed by atoms with Crippen LogP contribution in [-0.4, -0.2) is 215 Å². The Hall–Kier alpha value is -2.27. The van der Waals surface area contributed by atoms with E-state index in [9.17, 15) is 75.7 Å². The van der Waals surface area contributed by atoms with Gasteiger partial charge in [-0.15, -0.1) is 0 Å². The Kier molecular flexibility index (Phi) is 55.8. The molecular formula is C81H154N2O21. The van der Waals surface area contributed by atoms with Crippen LogP contribution in [0.4, 0.5) is 0 Å². The highest BCUT2D eigenvalue weighted by molar-refractivity contribution is 5.77. The van der Waals surface area contributed by atoms with Crippen LogP contribution in [0.25, 0.3) is 0 Å². The van der Waals surface area contributed by atoms with Gasteiger partial charge in [-0.1, -0.05) is 328 Å². The van der Waals surface area contributed by atoms with Crippen LogP contribution in [0.1, 0.15) is 361 Å². The van der Waals surface area contributed by atoms with Crippen molar-refractivity contribution in [2.45, 2.75) is 471 Å². The van der Waals surface area contributed by atoms with Gasteiger partial charge >= 0.3 is 5.97 Å². The van der Waals surface area contributed by atoms with E-state index in [1.807, 2.05) is 0 Å². The third-order valence-electron chi connectivity index (χ3n) is 21.8. The van der Waals surface area contributed by atoms with Crippen LogP contribution in [0.15, 0.2) is 0 Å². The molecule has 0 aliphatic carbocycles. The molecule has 3 fully saturated rings. The van der Waals surface area contributed by atoms with Crippen LogP contribution >= 0.6 is 0 Å². The van der Waals surface area contributed by atoms with E-state index in [1.165, 1.54) is 263 Å². The van der Waals surface area contributed by atoms with Gasteiger partial charge < -0.3 is 100 Å². The lowest BCUT2D eigenvalue weighted by Gasteiger charge is -2.50. The molecular weight excluding hydrogens is 1340 g/mol. The Bertz CT molecular complexity index is 2070. The molecule has 104 heavy (non-hydrogen) atoms. The molecule has 0 saturated carbocycles. The number of amides is 2. The SMILES string of the molecule is CCCCCCCCCCCCCCCCCCCCCCCCCCCCCCCCCCC(=O)NC(COC1OC(CO)C(OC2OC(CO)C(O)C(OC3(C(=O)O)CC(O)C(NC(C)=O)C(C(O)C(O)CO)O3)C2O)C(O)C1O)C(O)CCCCCCCCCCCCCCCCCCCC. The maximum absolute atomic E-state index is 13.6. The third-order valence-corrected chi connectivity index (χ3v) is 21.8. The van der Waals surface area contributed by atoms with Gasteiger partial charge in [0.25, 0.3) is 5.79 Å². The predicted octanol–water partition coefficient (Wildman–Crippen LogP) is 12.0. The lowest BCUT2D eigenvalue weighted by atomic mass is 9.88. The average Bonchev–Trinajstić information content (AvgIpc) is 0.753. The largest absolute Gasteiger partial charge is 0.477 e. The number of ether oxygens (including phenoxy) is 6. The lowest BCUT2D eigenvalue weighted by Crippen LogP contribution is -2.70. The summed E-state index contributed by atoms with van der Waals surface area (Å²) in [6, 6.07) is -2.53. The minimum atomic E-state index is -3.08. The molecule has 0 radical (unpaired) electrons. The fraction of sp³-hybridized carbons (Fsp3) is 0.963. The molecule has 3 heterocycles. The molecule has 23 nitrogen and oxygen atoms in total. The van der Waals surface area contributed by atoms with Crippen LogP contribution in [-0.2, 0) is 42.8 Å². The molecule has 3 saturated heterocycles. The summed E-state index contributed by atoms with van der Waals surface area (Å²) in [6.07, 6.45) is 35.4. The average molecular weight is 1490 g/mol. The van der Waals surface area contributed by atoms with Crippen LogP contribution in [0, 0.1) is 0 Å². The van der Waals surface area contributed by atoms with Crippen molar-refractivity contribution in [1.29, 1.82) is 0 Å². The Balaban J connectivity index is 1.45. The van der Waals surface area contributed by atoms with Gasteiger partial charge in [0, 0.05) is 19.8 Å². The molecule has 23 heteroatoms. The summed E-state index contributed by atoms with van der Waals surface area (Å²) in [7, 11) is 0. The minimum absolute atomic E-state index is 0.230. The Morgan fingerprint density at radius 2 is 0.837 bits per heavy atom. The lowest BCUT2D eigenvalue weighted by molar-refractivity contribution is -0.386. The molecule has 0 aromatic rings. The maximum Gasteiger partial charge on any atom is 0.364 e. The fourth-order valence-corrected chi connectivity index (χ4v) is 15.1. The number of hydrogen-bond acceptors (Lipinski definition) is 20. The van der Waals surface area contributed by atoms with Gasteiger partial charge in [0.1, 0.15) is 67.1 Å². The van der Waals surface area contributed by atoms with Gasteiger partial charge in [-0.3, -0.25) is 9.59 Å². The van der Waals surface area contributed by atoms with Gasteiger partial charge in [-0.25, -0.2) is 4.79 Å². The van der Waals surface area contributed by atoms with Crippen molar-refractivity contribution in [2.24, 2.45) is 0 Å². The van der Waals surface area contributed by atoms with Crippen molar-refractivity contribution >= 4 is 17.8 Å². The number of rotatable bonds is 68. The van der Waals surface area contributed by atoms with Crippen molar-refractivity contribution in [3.8, 4) is 0 Å². The van der Waals surface area contributed by atoms with E-state index < -0.39 is 148 Å². The molecule has 18 unspecified atom stereocenters. The fourth-order valence-electron chi connectivity index (χ4n) is 15.1. The standard InChI is InChI=1S/C81H154N2O21/c1-4-6-8-10-12-14-16-18-20-22-24-25-26-27-28-29-30-31-32-33-34-35-36-37-39-41-43-45-47-49-51-53-55-68(91)83-62(63(88)54-52-50-48-46-44-42-40-38-23-21-19-17-15-13-11-9-7-5-2)60-99-78-73(95)72(94)75(67(59-86)101-78)102-79-74(96)77(71(93)66(58-85)100-79)104-81(80(97)98)56-64(89)69(82-61(3)87)76(103-81)70(92)65(90)57-84/h62-67,69-79,84-86,88-90,92-96H,4-60H2,1-3H3,(H,82,87)(H,83,91)(H,97,98). The first kappa shape index (κ1) is 95.9. The van der Waals surface area contributed by atoms with Crippen molar-refractivity contribution in [2.75, 3.05) is 26.4 Å². The van der Waals surface area contributed by atoms with Gasteiger partial charge in [0.2, 0.25) is 11.8 Å². The number of aliphatic carboxylic acids is 1. The second kappa shape index (κ2) is 60.5. The first-order valence-electron chi connectivity index (χ1n) is 42.4. The molecule has 614 valence electrons. The number of hydrogen-bond donors (Lipinski definition) is 14. The Labute approximate surface area is 627 Å². The van der Waals surface area contributed by atoms with Gasteiger partial charge in [0.15, 0.2) is 12.6 Å². The molecule has 0 aromatic heterocycles. The quantitative estimate of drug-likeness (QED) is 0.0252. The van der Waals surface area contributed by atoms with Crippen LogP contribution in [0.2, 0.25) is 0 Å². The number of unbranched alkanes of at least 4 members (excludes halogenated alkanes) is 48. The number of aliphatic hydroxyl groups excluding tert-OH is 11. The van der Waals surface area contributed by atoms with Crippen molar-refractivity contribution in [3.05, 3.63) is 0 Å². The van der Waals surface area contributed by atoms with Crippen LogP contribution < -0.4 is 10.6 Å². The summed E-state index contributed by atoms with van der Waals surface area (Å²) >= 11 is 0. The van der Waals surface area contributed by atoms with Crippen molar-refractivity contribution in [1.82, 2.24) is 10.6 Å². The molecule has 14 N–H and O–H groups in total. The van der Waals surface area contributed by atoms with Crippen LogP contribution in [0.5, 0.6) is 0 Å². The first-order chi connectivity index (χ1) is 50.4. The smallest absolute Gasteiger partial charge is 0.364 e. The zero-order chi connectivity index (χ0) is 76.0. The second-order valence-corrected chi connectivity index (χ2v) is 31.1. The van der Waals surface area contributed by atoms with Crippen LogP contribution in [0.3, 0.4) is 0 Å². The molecule has 3 aliphatic rings. The van der Waals surface area contributed by atoms with E-state index in [4.69, 9.17) is 28.4 Å². The molecule has 18 atom stereocenters. The maximum atomic E-state index is 13.6. The zero-order valence-electron chi connectivity index (χ0n) is 65.2. The molecule has 2 amide bonds. The van der Waals surface area contributed by atoms with Crippen molar-refractivity contribution < 1.29 is 104 Å². The zero-order valence-corrected chi connectivity index (χ0v) is 65.2. The van der Waals surface area contributed by atoms with E-state index >= 15 is 0 Å². The van der Waals surface area contributed by atoms with Gasteiger partial charge in [-0.05, 0) is 12.8 Å². The summed E-state index contributed by atoms with van der Waals surface area (Å²) in [5.41, 5.74) is 0. The molecule has 0 spiro atoms. The third kappa shape index (κ3) is 40.1. The second-order valence-electron chi connectivity index (χ2n) is 31.1. The van der Waals surface area contributed by atoms with E-state index in [0.717, 1.165) is 51.9 Å². The molecule has 3 aliphatic heterocycles. The summed E-state index contributed by atoms with van der Waals surface area (Å²) in [5, 5.41) is 137. The van der Waals surface area contributed by atoms with Crippen molar-refractivity contribution in [3.63, 3.8) is 0 Å². The number of carbonyl (C=O) groups excluding carboxylic acids is 2. The highest BCUT2D eigenvalue weighted by atomic mass is 16.8. The molecule has 3 rings (SSSR count). The highest BCUT2D eigenvalue weighted by Gasteiger charge is 2.60. The Morgan fingerprint density at radius 3 is 1.20 bits per heavy atom. The van der Waals surface area contributed by atoms with E-state index in [1.54, 1.807) is 0 Å². The topological polar surface area (TPSA) is 373 Å². The predicted molar refractivity (Wildman–Crippen MR) is 403 cm³/mol. The van der Waals surface area contributed by atoms with Gasteiger partial charge in [0.05, 0.1) is 50.7 Å². The number of aliphatic hydroxyl groups is 11. The van der Waals surface area contributed by atoms with E-state index in [0.29, 0.717) is 19.3 Å². The monoisotopic (exact) mass is 1490 g/mol. The van der Waals surface area contributed by atoms with E-state index in [2.05, 4.69) is 24.5 Å². The number of carboxylic acid groups (broad SMARTS) is 1. The molecule has 0 aromatic carbocycles. The van der Waals surface area contributed by atoms with Gasteiger partial charge in [-0.2, -0.15) is 0 Å². The molecule has 0 bridgehead atoms.